The number of pyridine rings is 2. The van der Waals surface area contributed by atoms with E-state index < -0.39 is 0 Å². The molecule has 5 heteroatoms. The van der Waals surface area contributed by atoms with Gasteiger partial charge >= 0.3 is 0 Å². The van der Waals surface area contributed by atoms with Gasteiger partial charge in [0.1, 0.15) is 5.52 Å². The number of hydrogen-bond acceptors (Lipinski definition) is 4. The fourth-order valence-electron chi connectivity index (χ4n) is 2.50. The van der Waals surface area contributed by atoms with E-state index in [0.717, 1.165) is 34.9 Å². The molecule has 4 nitrogen and oxygen atoms in total. The summed E-state index contributed by atoms with van der Waals surface area (Å²) in [5, 5.41) is 8.96. The maximum absolute atomic E-state index is 8.96. The Morgan fingerprint density at radius 1 is 1.30 bits per heavy atom. The molecule has 0 spiro atoms. The van der Waals surface area contributed by atoms with Gasteiger partial charge in [0, 0.05) is 36.1 Å². The number of aliphatic hydroxyl groups is 1. The summed E-state index contributed by atoms with van der Waals surface area (Å²) in [4.78, 5) is 11.4. The summed E-state index contributed by atoms with van der Waals surface area (Å²) in [5.74, 6) is 0. The quantitative estimate of drug-likeness (QED) is 0.824. The smallest absolute Gasteiger partial charge is 0.112 e. The van der Waals surface area contributed by atoms with Crippen LogP contribution in [-0.4, -0.2) is 34.3 Å². The summed E-state index contributed by atoms with van der Waals surface area (Å²) >= 11 is 3.44. The van der Waals surface area contributed by atoms with Crippen LogP contribution in [0.3, 0.4) is 0 Å². The first-order chi connectivity index (χ1) is 9.79. The Kier molecular flexibility index (Phi) is 4.17. The third-order valence-electron chi connectivity index (χ3n) is 3.63. The van der Waals surface area contributed by atoms with Gasteiger partial charge in [0.25, 0.3) is 0 Å². The third kappa shape index (κ3) is 2.94. The normalized spacial score (nSPS) is 14.7. The van der Waals surface area contributed by atoms with E-state index in [1.807, 2.05) is 18.5 Å². The van der Waals surface area contributed by atoms with Crippen LogP contribution < -0.4 is 4.90 Å². The van der Waals surface area contributed by atoms with Crippen molar-refractivity contribution in [3.8, 4) is 0 Å². The number of unbranched alkanes of at least 4 members (excludes halogenated alkanes) is 1. The molecule has 2 aromatic heterocycles. The summed E-state index contributed by atoms with van der Waals surface area (Å²) in [7, 11) is 0. The molecule has 0 amide bonds. The highest BCUT2D eigenvalue weighted by molar-refractivity contribution is 9.10. The third-order valence-corrected chi connectivity index (χ3v) is 4.06. The van der Waals surface area contributed by atoms with Crippen molar-refractivity contribution >= 4 is 32.7 Å². The Labute approximate surface area is 127 Å². The first-order valence-electron chi connectivity index (χ1n) is 7.07. The fraction of sp³-hybridized carbons (Fsp3) is 0.467. The van der Waals surface area contributed by atoms with Gasteiger partial charge in [-0.3, -0.25) is 9.97 Å². The average Bonchev–Trinajstić information content (AvgIpc) is 3.27. The van der Waals surface area contributed by atoms with E-state index in [-0.39, 0.29) is 6.61 Å². The lowest BCUT2D eigenvalue weighted by atomic mass is 10.2. The Hall–Kier alpha value is -1.20. The zero-order valence-electron chi connectivity index (χ0n) is 11.3. The fourth-order valence-corrected chi connectivity index (χ4v) is 2.82. The van der Waals surface area contributed by atoms with E-state index in [0.29, 0.717) is 6.04 Å². The number of nitrogens with zero attached hydrogens (tertiary/aromatic N) is 3. The second-order valence-corrected chi connectivity index (χ2v) is 6.12. The SMILES string of the molecule is OCCCCN(c1ccnc2cc(Br)cnc12)C1CC1. The van der Waals surface area contributed by atoms with Crippen molar-refractivity contribution in [1.29, 1.82) is 0 Å². The van der Waals surface area contributed by atoms with Gasteiger partial charge < -0.3 is 10.0 Å². The molecule has 0 aromatic carbocycles. The molecule has 20 heavy (non-hydrogen) atoms. The van der Waals surface area contributed by atoms with Gasteiger partial charge in [-0.2, -0.15) is 0 Å². The van der Waals surface area contributed by atoms with E-state index in [4.69, 9.17) is 5.11 Å². The van der Waals surface area contributed by atoms with E-state index in [1.165, 1.54) is 18.5 Å². The van der Waals surface area contributed by atoms with Crippen molar-refractivity contribution in [2.45, 2.75) is 31.7 Å². The van der Waals surface area contributed by atoms with Gasteiger partial charge in [0.15, 0.2) is 0 Å². The van der Waals surface area contributed by atoms with Crippen LogP contribution >= 0.6 is 15.9 Å². The highest BCUT2D eigenvalue weighted by atomic mass is 79.9. The summed E-state index contributed by atoms with van der Waals surface area (Å²) in [6.07, 6.45) is 8.04. The minimum atomic E-state index is 0.265. The predicted octanol–water partition coefficient (Wildman–Crippen LogP) is 3.13. The molecule has 0 atom stereocenters. The monoisotopic (exact) mass is 335 g/mol. The highest BCUT2D eigenvalue weighted by Crippen LogP contribution is 2.35. The van der Waals surface area contributed by atoms with Crippen LogP contribution in [0.1, 0.15) is 25.7 Å². The molecule has 1 N–H and O–H groups in total. The minimum Gasteiger partial charge on any atom is -0.396 e. The van der Waals surface area contributed by atoms with Gasteiger partial charge in [-0.15, -0.1) is 0 Å². The molecule has 1 aliphatic rings. The van der Waals surface area contributed by atoms with Gasteiger partial charge in [0.2, 0.25) is 0 Å². The Balaban J connectivity index is 1.93. The number of aliphatic hydroxyl groups excluding tert-OH is 1. The minimum absolute atomic E-state index is 0.265. The lowest BCUT2D eigenvalue weighted by molar-refractivity contribution is 0.285. The first kappa shape index (κ1) is 13.8. The second-order valence-electron chi connectivity index (χ2n) is 5.21. The van der Waals surface area contributed by atoms with Crippen molar-refractivity contribution in [2.24, 2.45) is 0 Å². The van der Waals surface area contributed by atoms with Crippen LogP contribution in [0.2, 0.25) is 0 Å². The van der Waals surface area contributed by atoms with E-state index in [2.05, 4.69) is 36.9 Å². The standard InChI is InChI=1S/C15H18BrN3O/c16-11-9-13-15(18-10-11)14(5-6-17-13)19(12-3-4-12)7-1-2-8-20/h5-6,9-10,12,20H,1-4,7-8H2. The zero-order valence-corrected chi connectivity index (χ0v) is 12.9. The maximum atomic E-state index is 8.96. The molecular weight excluding hydrogens is 318 g/mol. The molecule has 0 bridgehead atoms. The number of fused-ring (bicyclic) bond motifs is 1. The molecule has 0 unspecified atom stereocenters. The molecule has 0 saturated heterocycles. The largest absolute Gasteiger partial charge is 0.396 e. The molecule has 3 rings (SSSR count). The Bertz CT molecular complexity index is 601. The molecule has 1 aliphatic carbocycles. The van der Waals surface area contributed by atoms with Crippen LogP contribution in [0.4, 0.5) is 5.69 Å². The van der Waals surface area contributed by atoms with Gasteiger partial charge in [-0.1, -0.05) is 0 Å². The molecule has 2 heterocycles. The number of rotatable bonds is 6. The first-order valence-corrected chi connectivity index (χ1v) is 7.86. The van der Waals surface area contributed by atoms with Crippen molar-refractivity contribution in [2.75, 3.05) is 18.1 Å². The van der Waals surface area contributed by atoms with Crippen LogP contribution in [0.15, 0.2) is 29.0 Å². The molecule has 1 saturated carbocycles. The van der Waals surface area contributed by atoms with Crippen molar-refractivity contribution in [3.63, 3.8) is 0 Å². The van der Waals surface area contributed by atoms with E-state index >= 15 is 0 Å². The molecule has 1 fully saturated rings. The van der Waals surface area contributed by atoms with Crippen LogP contribution in [0.25, 0.3) is 11.0 Å². The topological polar surface area (TPSA) is 49.2 Å². The molecule has 0 radical (unpaired) electrons. The average molecular weight is 336 g/mol. The molecular formula is C15H18BrN3O. The van der Waals surface area contributed by atoms with Crippen molar-refractivity contribution in [1.82, 2.24) is 9.97 Å². The predicted molar refractivity (Wildman–Crippen MR) is 83.9 cm³/mol. The van der Waals surface area contributed by atoms with Gasteiger partial charge in [-0.25, -0.2) is 0 Å². The number of anilines is 1. The maximum Gasteiger partial charge on any atom is 0.112 e. The highest BCUT2D eigenvalue weighted by Gasteiger charge is 2.30. The van der Waals surface area contributed by atoms with Gasteiger partial charge in [-0.05, 0) is 53.7 Å². The van der Waals surface area contributed by atoms with Crippen LogP contribution in [0, 0.1) is 0 Å². The number of halogens is 1. The Morgan fingerprint density at radius 3 is 2.90 bits per heavy atom. The van der Waals surface area contributed by atoms with Gasteiger partial charge in [0.05, 0.1) is 11.2 Å². The van der Waals surface area contributed by atoms with Crippen molar-refractivity contribution < 1.29 is 5.11 Å². The summed E-state index contributed by atoms with van der Waals surface area (Å²) in [5.41, 5.74) is 3.05. The molecule has 0 aliphatic heterocycles. The van der Waals surface area contributed by atoms with E-state index in [1.54, 1.807) is 0 Å². The molecule has 2 aromatic rings. The van der Waals surface area contributed by atoms with Crippen molar-refractivity contribution in [3.05, 3.63) is 29.0 Å². The Morgan fingerprint density at radius 2 is 2.15 bits per heavy atom. The van der Waals surface area contributed by atoms with Crippen LogP contribution in [0.5, 0.6) is 0 Å². The second kappa shape index (κ2) is 6.06. The molecule has 106 valence electrons. The zero-order chi connectivity index (χ0) is 13.9. The lowest BCUT2D eigenvalue weighted by Gasteiger charge is -2.25. The number of aromatic nitrogens is 2. The van der Waals surface area contributed by atoms with E-state index in [9.17, 15) is 0 Å². The van der Waals surface area contributed by atoms with Crippen LogP contribution in [-0.2, 0) is 0 Å². The summed E-state index contributed by atoms with van der Waals surface area (Å²) in [6, 6.07) is 4.69. The summed E-state index contributed by atoms with van der Waals surface area (Å²) in [6.45, 7) is 1.24. The lowest BCUT2D eigenvalue weighted by Crippen LogP contribution is -2.27. The number of hydrogen-bond donors (Lipinski definition) is 1. The summed E-state index contributed by atoms with van der Waals surface area (Å²) < 4.78 is 0.952.